The van der Waals surface area contributed by atoms with E-state index < -0.39 is 5.60 Å². The van der Waals surface area contributed by atoms with Gasteiger partial charge >= 0.3 is 0 Å². The van der Waals surface area contributed by atoms with E-state index in [-0.39, 0.29) is 5.92 Å². The molecule has 0 radical (unpaired) electrons. The van der Waals surface area contributed by atoms with E-state index in [1.165, 1.54) is 0 Å². The molecule has 0 heterocycles. The summed E-state index contributed by atoms with van der Waals surface area (Å²) in [5.41, 5.74) is 2.60. The molecule has 1 aliphatic carbocycles. The normalized spacial score (nSPS) is 25.0. The number of rotatable bonds is 5. The zero-order chi connectivity index (χ0) is 18.6. The predicted octanol–water partition coefficient (Wildman–Crippen LogP) is 5.06. The fourth-order valence-electron chi connectivity index (χ4n) is 4.06. The summed E-state index contributed by atoms with van der Waals surface area (Å²) < 4.78 is 0. The lowest BCUT2D eigenvalue weighted by atomic mass is 9.68. The molecular weight excluding hydrogens is 342 g/mol. The Morgan fingerprint density at radius 1 is 1.12 bits per heavy atom. The zero-order valence-corrected chi connectivity index (χ0v) is 16.4. The van der Waals surface area contributed by atoms with Crippen molar-refractivity contribution in [3.8, 4) is 0 Å². The van der Waals surface area contributed by atoms with Crippen LogP contribution in [-0.4, -0.2) is 36.2 Å². The van der Waals surface area contributed by atoms with Gasteiger partial charge in [0.1, 0.15) is 0 Å². The van der Waals surface area contributed by atoms with Crippen LogP contribution in [0.5, 0.6) is 0 Å². The summed E-state index contributed by atoms with van der Waals surface area (Å²) >= 11 is 6.04. The van der Waals surface area contributed by atoms with Crippen LogP contribution in [0.1, 0.15) is 30.4 Å². The molecule has 2 unspecified atom stereocenters. The fraction of sp³-hybridized carbons (Fsp3) is 0.391. The molecule has 0 amide bonds. The van der Waals surface area contributed by atoms with Crippen molar-refractivity contribution in [1.29, 1.82) is 0 Å². The molecule has 2 nitrogen and oxygen atoms in total. The molecule has 1 saturated carbocycles. The van der Waals surface area contributed by atoms with Crippen molar-refractivity contribution < 1.29 is 5.11 Å². The first-order valence-electron chi connectivity index (χ1n) is 9.35. The summed E-state index contributed by atoms with van der Waals surface area (Å²) in [4.78, 5) is 2.18. The Bertz CT molecular complexity index is 739. The van der Waals surface area contributed by atoms with Crippen molar-refractivity contribution in [2.24, 2.45) is 5.92 Å². The lowest BCUT2D eigenvalue weighted by Gasteiger charge is -2.43. The number of benzene rings is 2. The minimum atomic E-state index is -0.827. The second kappa shape index (κ2) is 8.39. The van der Waals surface area contributed by atoms with Crippen molar-refractivity contribution >= 4 is 17.7 Å². The molecule has 3 rings (SSSR count). The van der Waals surface area contributed by atoms with Gasteiger partial charge in [-0.3, -0.25) is 0 Å². The third-order valence-electron chi connectivity index (χ3n) is 5.34. The third kappa shape index (κ3) is 4.56. The highest BCUT2D eigenvalue weighted by Gasteiger charge is 2.42. The largest absolute Gasteiger partial charge is 0.385 e. The standard InChI is InChI=1S/C23H28ClNO/c1-25(2)17-21-10-6-9-20(15-18-7-4-3-5-8-18)23(21,26)16-19-11-13-22(24)14-12-19/h3-5,7-8,11-15,21,26H,6,9-10,16-17H2,1-2H3/b20-15+. The van der Waals surface area contributed by atoms with Crippen LogP contribution in [0.15, 0.2) is 60.2 Å². The number of halogens is 1. The van der Waals surface area contributed by atoms with E-state index in [1.54, 1.807) is 0 Å². The van der Waals surface area contributed by atoms with Gasteiger partial charge in [0.2, 0.25) is 0 Å². The Kier molecular flexibility index (Phi) is 6.18. The Morgan fingerprint density at radius 3 is 2.46 bits per heavy atom. The van der Waals surface area contributed by atoms with Crippen molar-refractivity contribution in [2.75, 3.05) is 20.6 Å². The van der Waals surface area contributed by atoms with Gasteiger partial charge in [0, 0.05) is 23.9 Å². The third-order valence-corrected chi connectivity index (χ3v) is 5.60. The Morgan fingerprint density at radius 2 is 1.81 bits per heavy atom. The van der Waals surface area contributed by atoms with Crippen molar-refractivity contribution in [1.82, 2.24) is 4.90 Å². The molecule has 0 spiro atoms. The highest BCUT2D eigenvalue weighted by Crippen LogP contribution is 2.41. The van der Waals surface area contributed by atoms with Crippen LogP contribution in [0.4, 0.5) is 0 Å². The van der Waals surface area contributed by atoms with Crippen LogP contribution in [0, 0.1) is 5.92 Å². The number of nitrogens with zero attached hydrogens (tertiary/aromatic N) is 1. The van der Waals surface area contributed by atoms with Gasteiger partial charge in [-0.25, -0.2) is 0 Å². The van der Waals surface area contributed by atoms with Crippen molar-refractivity contribution in [3.63, 3.8) is 0 Å². The highest BCUT2D eigenvalue weighted by molar-refractivity contribution is 6.30. The monoisotopic (exact) mass is 369 g/mol. The molecule has 1 N–H and O–H groups in total. The molecule has 0 aromatic heterocycles. The lowest BCUT2D eigenvalue weighted by Crippen LogP contribution is -2.48. The van der Waals surface area contributed by atoms with Gasteiger partial charge in [0.15, 0.2) is 0 Å². The van der Waals surface area contributed by atoms with Gasteiger partial charge in [0.25, 0.3) is 0 Å². The SMILES string of the molecule is CN(C)CC1CCC/C(=C\c2ccccc2)C1(O)Cc1ccc(Cl)cc1. The van der Waals surface area contributed by atoms with Crippen LogP contribution in [0.3, 0.4) is 0 Å². The second-order valence-corrected chi connectivity index (χ2v) is 8.10. The first kappa shape index (κ1) is 19.2. The van der Waals surface area contributed by atoms with Crippen LogP contribution in [-0.2, 0) is 6.42 Å². The molecule has 2 aromatic carbocycles. The van der Waals surface area contributed by atoms with E-state index in [0.29, 0.717) is 6.42 Å². The molecule has 2 aromatic rings. The molecule has 2 atom stereocenters. The Hall–Kier alpha value is -1.61. The molecule has 1 fully saturated rings. The average molecular weight is 370 g/mol. The van der Waals surface area contributed by atoms with E-state index in [2.05, 4.69) is 37.2 Å². The maximum absolute atomic E-state index is 11.9. The molecule has 3 heteroatoms. The van der Waals surface area contributed by atoms with E-state index in [1.807, 2.05) is 42.5 Å². The van der Waals surface area contributed by atoms with E-state index in [0.717, 1.165) is 47.5 Å². The Labute approximate surface area is 162 Å². The van der Waals surface area contributed by atoms with Gasteiger partial charge in [-0.05, 0) is 62.2 Å². The van der Waals surface area contributed by atoms with Gasteiger partial charge < -0.3 is 10.0 Å². The molecule has 26 heavy (non-hydrogen) atoms. The average Bonchev–Trinajstić information content (AvgIpc) is 2.61. The number of aliphatic hydroxyl groups is 1. The minimum absolute atomic E-state index is 0.219. The van der Waals surface area contributed by atoms with E-state index in [9.17, 15) is 5.11 Å². The van der Waals surface area contributed by atoms with Crippen LogP contribution < -0.4 is 0 Å². The quantitative estimate of drug-likeness (QED) is 0.796. The van der Waals surface area contributed by atoms with Crippen molar-refractivity contribution in [3.05, 3.63) is 76.3 Å². The molecule has 138 valence electrons. The molecule has 0 aliphatic heterocycles. The Balaban J connectivity index is 1.97. The van der Waals surface area contributed by atoms with Crippen LogP contribution >= 0.6 is 11.6 Å². The summed E-state index contributed by atoms with van der Waals surface area (Å²) in [5, 5.41) is 12.6. The van der Waals surface area contributed by atoms with Gasteiger partial charge in [0.05, 0.1) is 5.60 Å². The van der Waals surface area contributed by atoms with Crippen LogP contribution in [0.2, 0.25) is 5.02 Å². The molecule has 1 aliphatic rings. The highest BCUT2D eigenvalue weighted by atomic mass is 35.5. The number of hydrogen-bond donors (Lipinski definition) is 1. The van der Waals surface area contributed by atoms with E-state index >= 15 is 0 Å². The van der Waals surface area contributed by atoms with E-state index in [4.69, 9.17) is 11.6 Å². The van der Waals surface area contributed by atoms with Gasteiger partial charge in [-0.2, -0.15) is 0 Å². The fourth-order valence-corrected chi connectivity index (χ4v) is 4.18. The minimum Gasteiger partial charge on any atom is -0.385 e. The zero-order valence-electron chi connectivity index (χ0n) is 15.7. The molecule has 0 saturated heterocycles. The smallest absolute Gasteiger partial charge is 0.0940 e. The van der Waals surface area contributed by atoms with Gasteiger partial charge in [-0.1, -0.05) is 60.1 Å². The summed E-state index contributed by atoms with van der Waals surface area (Å²) in [6.07, 6.45) is 5.94. The summed E-state index contributed by atoms with van der Waals surface area (Å²) in [6.45, 7) is 0.885. The molecular formula is C23H28ClNO. The predicted molar refractivity (Wildman–Crippen MR) is 110 cm³/mol. The summed E-state index contributed by atoms with van der Waals surface area (Å²) in [7, 11) is 4.16. The van der Waals surface area contributed by atoms with Gasteiger partial charge in [-0.15, -0.1) is 0 Å². The van der Waals surface area contributed by atoms with Crippen LogP contribution in [0.25, 0.3) is 6.08 Å². The first-order chi connectivity index (χ1) is 12.5. The van der Waals surface area contributed by atoms with Crippen molar-refractivity contribution in [2.45, 2.75) is 31.3 Å². The maximum Gasteiger partial charge on any atom is 0.0940 e. The molecule has 0 bridgehead atoms. The summed E-state index contributed by atoms with van der Waals surface area (Å²) in [6, 6.07) is 18.2. The topological polar surface area (TPSA) is 23.5 Å². The lowest BCUT2D eigenvalue weighted by molar-refractivity contribution is -0.0123. The first-order valence-corrected chi connectivity index (χ1v) is 9.73. The number of hydrogen-bond acceptors (Lipinski definition) is 2. The maximum atomic E-state index is 11.9. The summed E-state index contributed by atoms with van der Waals surface area (Å²) in [5.74, 6) is 0.219. The second-order valence-electron chi connectivity index (χ2n) is 7.66.